The van der Waals surface area contributed by atoms with Gasteiger partial charge >= 0.3 is 11.4 Å². The lowest BCUT2D eigenvalue weighted by Crippen LogP contribution is -2.38. The lowest BCUT2D eigenvalue weighted by atomic mass is 9.87. The Morgan fingerprint density at radius 1 is 0.860 bits per heavy atom. The van der Waals surface area contributed by atoms with Crippen LogP contribution < -0.4 is 22.0 Å². The highest BCUT2D eigenvalue weighted by Gasteiger charge is 2.57. The van der Waals surface area contributed by atoms with Gasteiger partial charge in [0.05, 0.1) is 18.2 Å². The second-order valence-corrected chi connectivity index (χ2v) is 15.8. The SMILES string of the molecule is CC[C@H]1O[C@@H](n2ccc(NC(C)=O)nc2=O)[C@@H](OC)C1O.CC[C@H]1O[C@@H](n2ccc(NC(C)=O)nc2=O)[C@@H](OC)C1O[P@@]1O[C@](C)(c2ccccc2)[C@@H]2CCCN21. The molecule has 4 aliphatic rings. The van der Waals surface area contributed by atoms with Crippen LogP contribution in [0.1, 0.15) is 78.3 Å². The second kappa shape index (κ2) is 18.3. The monoisotopic (exact) mass is 813 g/mol. The Morgan fingerprint density at radius 3 is 1.91 bits per heavy atom. The van der Waals surface area contributed by atoms with Crippen molar-refractivity contribution in [2.24, 2.45) is 0 Å². The third kappa shape index (κ3) is 8.89. The zero-order valence-electron chi connectivity index (χ0n) is 33.1. The van der Waals surface area contributed by atoms with Gasteiger partial charge in [-0.3, -0.25) is 18.7 Å². The Bertz CT molecular complexity index is 1990. The number of methoxy groups -OCH3 is 2. The third-order valence-electron chi connectivity index (χ3n) is 10.7. The van der Waals surface area contributed by atoms with E-state index in [9.17, 15) is 24.3 Å². The minimum absolute atomic E-state index is 0.170. The molecule has 19 heteroatoms. The number of rotatable bonds is 11. The Morgan fingerprint density at radius 2 is 1.40 bits per heavy atom. The van der Waals surface area contributed by atoms with E-state index in [-0.39, 0.29) is 35.6 Å². The van der Waals surface area contributed by atoms with E-state index in [4.69, 9.17) is 28.0 Å². The van der Waals surface area contributed by atoms with Crippen molar-refractivity contribution in [3.8, 4) is 0 Å². The molecule has 2 unspecified atom stereocenters. The number of benzene rings is 1. The fourth-order valence-corrected chi connectivity index (χ4v) is 10.0. The van der Waals surface area contributed by atoms with Gasteiger partial charge in [-0.25, -0.2) is 14.3 Å². The molecule has 6 heterocycles. The first-order valence-electron chi connectivity index (χ1n) is 19.1. The summed E-state index contributed by atoms with van der Waals surface area (Å²) in [5.74, 6) is -0.248. The van der Waals surface area contributed by atoms with Crippen LogP contribution in [-0.2, 0) is 43.2 Å². The first-order valence-corrected chi connectivity index (χ1v) is 20.2. The fraction of sp³-hybridized carbons (Fsp3) is 0.579. The van der Waals surface area contributed by atoms with E-state index >= 15 is 0 Å². The quantitative estimate of drug-likeness (QED) is 0.237. The molecule has 0 spiro atoms. The van der Waals surface area contributed by atoms with Gasteiger partial charge in [0.2, 0.25) is 11.8 Å². The zero-order valence-corrected chi connectivity index (χ0v) is 34.0. The summed E-state index contributed by atoms with van der Waals surface area (Å²) in [6.07, 6.45) is 1.83. The maximum Gasteiger partial charge on any atom is 0.351 e. The molecule has 0 radical (unpaired) electrons. The smallest absolute Gasteiger partial charge is 0.351 e. The molecule has 1 aromatic carbocycles. The van der Waals surface area contributed by atoms with Gasteiger partial charge in [0.1, 0.15) is 41.7 Å². The maximum absolute atomic E-state index is 12.8. The van der Waals surface area contributed by atoms with Crippen LogP contribution in [0.25, 0.3) is 0 Å². The number of nitrogens with one attached hydrogen (secondary N) is 2. The van der Waals surface area contributed by atoms with Crippen molar-refractivity contribution in [1.29, 1.82) is 0 Å². The molecule has 7 rings (SSSR count). The molecule has 3 aromatic rings. The first-order chi connectivity index (χ1) is 27.3. The first kappa shape index (κ1) is 42.6. The number of nitrogens with zero attached hydrogens (tertiary/aromatic N) is 5. The summed E-state index contributed by atoms with van der Waals surface area (Å²) in [6.45, 7) is 9.66. The van der Waals surface area contributed by atoms with Crippen molar-refractivity contribution in [2.45, 2.75) is 121 Å². The molecule has 11 atom stereocenters. The molecule has 4 fully saturated rings. The topological polar surface area (TPSA) is 207 Å². The molecule has 0 saturated carbocycles. The number of hydrogen-bond acceptors (Lipinski definition) is 14. The predicted octanol–water partition coefficient (Wildman–Crippen LogP) is 3.43. The van der Waals surface area contributed by atoms with E-state index in [1.165, 1.54) is 42.4 Å². The van der Waals surface area contributed by atoms with Crippen LogP contribution in [0.4, 0.5) is 11.6 Å². The summed E-state index contributed by atoms with van der Waals surface area (Å²) in [5, 5.41) is 15.1. The number of aromatic nitrogens is 4. The number of anilines is 2. The Kier molecular flexibility index (Phi) is 13.7. The average Bonchev–Trinajstić information content (AvgIpc) is 3.95. The molecule has 4 aliphatic heterocycles. The number of carbonyl (C=O) groups excluding carboxylic acids is 2. The maximum atomic E-state index is 12.8. The summed E-state index contributed by atoms with van der Waals surface area (Å²) >= 11 is 0. The van der Waals surface area contributed by atoms with Crippen LogP contribution >= 0.6 is 8.53 Å². The summed E-state index contributed by atoms with van der Waals surface area (Å²) in [7, 11) is 1.68. The average molecular weight is 814 g/mol. The lowest BCUT2D eigenvalue weighted by Gasteiger charge is -2.29. The van der Waals surface area contributed by atoms with Gasteiger partial charge in [-0.1, -0.05) is 44.2 Å². The number of ether oxygens (including phenoxy) is 4. The van der Waals surface area contributed by atoms with Gasteiger partial charge < -0.3 is 43.7 Å². The standard InChI is InChI=1S/C25H33N4O6P.C13H19N3O5/c1-5-18-21(22(32-4)23(33-18)28-15-13-20(26-16(2)30)27-24(28)31)34-36-29-14-9-12-19(29)25(3,35-36)17-10-7-6-8-11-17;1-4-8-10(18)11(20-3)12(21-8)16-6-5-9(14-7(2)17)15-13(16)19/h6-8,10-11,13,15,18-19,21-23H,5,9,12,14H2,1-4H3,(H,26,27,30,31);5-6,8,10-12,18H,4H2,1-3H3,(H,14,15,17,19)/t18-,19+,21?,22+,23-,25-,36+;8-,10?,11+,12-/m11/s1. The lowest BCUT2D eigenvalue weighted by molar-refractivity contribution is -0.115. The van der Waals surface area contributed by atoms with E-state index in [0.717, 1.165) is 24.9 Å². The highest BCUT2D eigenvalue weighted by Crippen LogP contribution is 2.64. The van der Waals surface area contributed by atoms with Gasteiger partial charge in [0, 0.05) is 47.0 Å². The number of amides is 2. The molecule has 18 nitrogen and oxygen atoms in total. The number of hydrogen-bond donors (Lipinski definition) is 3. The zero-order chi connectivity index (χ0) is 41.0. The summed E-state index contributed by atoms with van der Waals surface area (Å²) in [6, 6.07) is 13.6. The minimum atomic E-state index is -1.36. The van der Waals surface area contributed by atoms with Crippen LogP contribution in [0.15, 0.2) is 64.4 Å². The molecule has 310 valence electrons. The number of aliphatic hydroxyl groups excluding tert-OH is 1. The Labute approximate surface area is 331 Å². The van der Waals surface area contributed by atoms with E-state index < -0.39 is 68.5 Å². The number of carbonyl (C=O) groups is 2. The molecular weight excluding hydrogens is 761 g/mol. The van der Waals surface area contributed by atoms with Gasteiger partial charge in [0.15, 0.2) is 12.5 Å². The Balaban J connectivity index is 0.000000223. The van der Waals surface area contributed by atoms with E-state index in [0.29, 0.717) is 12.8 Å². The van der Waals surface area contributed by atoms with Crippen molar-refractivity contribution in [2.75, 3.05) is 31.4 Å². The Hall–Kier alpha value is -3.97. The van der Waals surface area contributed by atoms with Crippen molar-refractivity contribution >= 4 is 32.0 Å². The molecule has 3 N–H and O–H groups in total. The molecule has 2 amide bonds. The molecule has 57 heavy (non-hydrogen) atoms. The summed E-state index contributed by atoms with van der Waals surface area (Å²) < 4.78 is 41.5. The van der Waals surface area contributed by atoms with Crippen LogP contribution in [0.3, 0.4) is 0 Å². The molecule has 0 aliphatic carbocycles. The predicted molar refractivity (Wildman–Crippen MR) is 208 cm³/mol. The van der Waals surface area contributed by atoms with Crippen LogP contribution in [0, 0.1) is 0 Å². The van der Waals surface area contributed by atoms with E-state index in [2.05, 4.69) is 44.3 Å². The minimum Gasteiger partial charge on any atom is -0.388 e. The molecule has 0 bridgehead atoms. The van der Waals surface area contributed by atoms with Crippen molar-refractivity contribution in [1.82, 2.24) is 23.8 Å². The van der Waals surface area contributed by atoms with Crippen LogP contribution in [-0.4, -0.2) is 104 Å². The van der Waals surface area contributed by atoms with Crippen molar-refractivity contribution < 1.29 is 42.7 Å². The summed E-state index contributed by atoms with van der Waals surface area (Å²) in [4.78, 5) is 54.9. The highest BCUT2D eigenvalue weighted by molar-refractivity contribution is 7.45. The summed E-state index contributed by atoms with van der Waals surface area (Å²) in [5.41, 5.74) is -0.448. The van der Waals surface area contributed by atoms with Gasteiger partial charge in [-0.15, -0.1) is 0 Å². The molecular formula is C38H52N7O11P. The number of fused-ring (bicyclic) bond motifs is 1. The third-order valence-corrected chi connectivity index (χ3v) is 12.5. The van der Waals surface area contributed by atoms with Crippen molar-refractivity contribution in [3.05, 3.63) is 81.4 Å². The van der Waals surface area contributed by atoms with E-state index in [1.54, 1.807) is 19.4 Å². The molecule has 4 saturated heterocycles. The van der Waals surface area contributed by atoms with E-state index in [1.807, 2.05) is 32.0 Å². The van der Waals surface area contributed by atoms with Gasteiger partial charge in [-0.05, 0) is 50.3 Å². The highest BCUT2D eigenvalue weighted by atomic mass is 31.2. The number of aliphatic hydroxyl groups is 1. The fourth-order valence-electron chi connectivity index (χ4n) is 7.87. The van der Waals surface area contributed by atoms with Crippen molar-refractivity contribution in [3.63, 3.8) is 0 Å². The van der Waals surface area contributed by atoms with Gasteiger partial charge in [0.25, 0.3) is 8.53 Å². The normalized spacial score (nSPS) is 32.1. The van der Waals surface area contributed by atoms with Crippen LogP contribution in [0.2, 0.25) is 0 Å². The second-order valence-electron chi connectivity index (χ2n) is 14.4. The van der Waals surface area contributed by atoms with Gasteiger partial charge in [-0.2, -0.15) is 9.97 Å². The largest absolute Gasteiger partial charge is 0.388 e. The van der Waals surface area contributed by atoms with Crippen LogP contribution in [0.5, 0.6) is 0 Å². The molecule has 2 aromatic heterocycles.